The van der Waals surface area contributed by atoms with Crippen molar-refractivity contribution in [2.24, 2.45) is 0 Å². The van der Waals surface area contributed by atoms with Crippen molar-refractivity contribution in [3.63, 3.8) is 0 Å². The van der Waals surface area contributed by atoms with Crippen LogP contribution in [0.4, 0.5) is 18.2 Å². The number of hydrogen-bond acceptors (Lipinski definition) is 8. The summed E-state index contributed by atoms with van der Waals surface area (Å²) in [5.41, 5.74) is -1.15. The minimum atomic E-state index is -4.61. The van der Waals surface area contributed by atoms with Crippen LogP contribution in [0, 0.1) is 0 Å². The van der Waals surface area contributed by atoms with Crippen LogP contribution in [0.5, 0.6) is 5.75 Å². The monoisotopic (exact) mass is 568 g/mol. The molecule has 0 radical (unpaired) electrons. The van der Waals surface area contributed by atoms with Crippen LogP contribution in [0.15, 0.2) is 49.1 Å². The molecule has 37 heavy (non-hydrogen) atoms. The maximum atomic E-state index is 13.3. The van der Waals surface area contributed by atoms with Crippen LogP contribution < -0.4 is 10.6 Å². The number of alkyl halides is 3. The molecular formula is C22H13Cl2F3N6O3S. The van der Waals surface area contributed by atoms with Gasteiger partial charge < -0.3 is 15.7 Å². The zero-order valence-electron chi connectivity index (χ0n) is 18.2. The Morgan fingerprint density at radius 2 is 1.76 bits per heavy atom. The molecule has 0 aliphatic heterocycles. The Labute approximate surface area is 220 Å². The number of benzene rings is 1. The molecule has 0 bridgehead atoms. The zero-order valence-corrected chi connectivity index (χ0v) is 20.5. The number of rotatable bonds is 6. The standard InChI is InChI=1S/C22H13Cl2F3N6O3S/c23-13-5-14(31-17(24)16(13)34)18(35)33-21-15(32-20(37-21)11-6-28-9-29-7-11)19(36)30-8-10-3-1-2-4-12(10)22(25,26)27/h1-7,9,34H,8H2,(H,30,36)(H,33,35). The average molecular weight is 569 g/mol. The van der Waals surface area contributed by atoms with Gasteiger partial charge in [0.15, 0.2) is 16.6 Å². The van der Waals surface area contributed by atoms with Crippen molar-refractivity contribution >= 4 is 51.4 Å². The Bertz CT molecular complexity index is 1460. The summed E-state index contributed by atoms with van der Waals surface area (Å²) in [6, 6.07) is 5.87. The summed E-state index contributed by atoms with van der Waals surface area (Å²) in [5, 5.41) is 14.1. The van der Waals surface area contributed by atoms with Crippen LogP contribution in [0.1, 0.15) is 32.1 Å². The number of nitrogens with zero attached hydrogens (tertiary/aromatic N) is 4. The Hall–Kier alpha value is -3.81. The van der Waals surface area contributed by atoms with Crippen molar-refractivity contribution in [2.45, 2.75) is 12.7 Å². The number of hydrogen-bond donors (Lipinski definition) is 3. The summed E-state index contributed by atoms with van der Waals surface area (Å²) < 4.78 is 39.9. The molecule has 3 heterocycles. The van der Waals surface area contributed by atoms with E-state index in [1.807, 2.05) is 0 Å². The third kappa shape index (κ3) is 5.96. The van der Waals surface area contributed by atoms with Gasteiger partial charge in [0.2, 0.25) is 0 Å². The highest BCUT2D eigenvalue weighted by Crippen LogP contribution is 2.34. The van der Waals surface area contributed by atoms with Crippen LogP contribution in [0.25, 0.3) is 10.6 Å². The van der Waals surface area contributed by atoms with E-state index in [1.54, 1.807) is 0 Å². The second-order valence-electron chi connectivity index (χ2n) is 7.24. The van der Waals surface area contributed by atoms with Gasteiger partial charge in [-0.3, -0.25) is 9.59 Å². The molecular weight excluding hydrogens is 556 g/mol. The van der Waals surface area contributed by atoms with Crippen LogP contribution >= 0.6 is 34.5 Å². The Morgan fingerprint density at radius 3 is 2.43 bits per heavy atom. The van der Waals surface area contributed by atoms with Crippen molar-refractivity contribution in [3.05, 3.63) is 81.7 Å². The fourth-order valence-corrected chi connectivity index (χ4v) is 4.43. The van der Waals surface area contributed by atoms with Gasteiger partial charge >= 0.3 is 6.18 Å². The van der Waals surface area contributed by atoms with E-state index >= 15 is 0 Å². The smallest absolute Gasteiger partial charge is 0.416 e. The van der Waals surface area contributed by atoms with E-state index in [9.17, 15) is 27.9 Å². The van der Waals surface area contributed by atoms with Crippen LogP contribution in [-0.4, -0.2) is 36.9 Å². The summed E-state index contributed by atoms with van der Waals surface area (Å²) in [5.74, 6) is -2.19. The largest absolute Gasteiger partial charge is 0.504 e. The second kappa shape index (κ2) is 10.7. The number of aromatic nitrogens is 4. The fourth-order valence-electron chi connectivity index (χ4n) is 3.06. The summed E-state index contributed by atoms with van der Waals surface area (Å²) in [7, 11) is 0. The first kappa shape index (κ1) is 26.3. The number of carbonyl (C=O) groups is 2. The molecule has 0 atom stereocenters. The van der Waals surface area contributed by atoms with Crippen molar-refractivity contribution in [1.29, 1.82) is 0 Å². The van der Waals surface area contributed by atoms with Crippen molar-refractivity contribution in [1.82, 2.24) is 25.3 Å². The van der Waals surface area contributed by atoms with E-state index in [2.05, 4.69) is 30.6 Å². The van der Waals surface area contributed by atoms with Crippen molar-refractivity contribution in [2.75, 3.05) is 5.32 Å². The molecule has 4 aromatic rings. The van der Waals surface area contributed by atoms with Gasteiger partial charge in [-0.1, -0.05) is 52.7 Å². The van der Waals surface area contributed by atoms with E-state index in [0.29, 0.717) is 5.56 Å². The lowest BCUT2D eigenvalue weighted by molar-refractivity contribution is -0.138. The summed E-state index contributed by atoms with van der Waals surface area (Å²) in [4.78, 5) is 41.6. The van der Waals surface area contributed by atoms with E-state index in [-0.39, 0.29) is 32.0 Å². The third-order valence-electron chi connectivity index (χ3n) is 4.78. The summed E-state index contributed by atoms with van der Waals surface area (Å²) in [6.07, 6.45) is -0.462. The first-order valence-electron chi connectivity index (χ1n) is 10.1. The molecule has 2 amide bonds. The Kier molecular flexibility index (Phi) is 7.57. The first-order chi connectivity index (χ1) is 17.5. The fraction of sp³-hybridized carbons (Fsp3) is 0.0909. The average Bonchev–Trinajstić information content (AvgIpc) is 3.29. The number of pyridine rings is 1. The number of amides is 2. The molecule has 190 valence electrons. The van der Waals surface area contributed by atoms with Gasteiger partial charge in [0.05, 0.1) is 10.6 Å². The molecule has 0 saturated carbocycles. The highest BCUT2D eigenvalue weighted by atomic mass is 35.5. The van der Waals surface area contributed by atoms with Gasteiger partial charge in [-0.05, 0) is 17.7 Å². The van der Waals surface area contributed by atoms with E-state index in [4.69, 9.17) is 23.2 Å². The second-order valence-corrected chi connectivity index (χ2v) is 9.01. The van der Waals surface area contributed by atoms with Gasteiger partial charge in [0.1, 0.15) is 22.0 Å². The third-order valence-corrected chi connectivity index (χ3v) is 6.35. The Morgan fingerprint density at radius 1 is 1.05 bits per heavy atom. The topological polar surface area (TPSA) is 130 Å². The molecule has 0 fully saturated rings. The molecule has 3 N–H and O–H groups in total. The van der Waals surface area contributed by atoms with Gasteiger partial charge in [-0.15, -0.1) is 0 Å². The van der Waals surface area contributed by atoms with Crippen LogP contribution in [0.2, 0.25) is 10.2 Å². The summed E-state index contributed by atoms with van der Waals surface area (Å²) >= 11 is 12.5. The highest BCUT2D eigenvalue weighted by molar-refractivity contribution is 7.19. The van der Waals surface area contributed by atoms with E-state index < -0.39 is 41.0 Å². The molecule has 3 aromatic heterocycles. The SMILES string of the molecule is O=C(Nc1sc(-c2cncnc2)nc1C(=O)NCc1ccccc1C(F)(F)F)c1cc(Cl)c(O)c(Cl)n1. The minimum absolute atomic E-state index is 0.0346. The number of halogens is 5. The highest BCUT2D eigenvalue weighted by Gasteiger charge is 2.33. The van der Waals surface area contributed by atoms with Crippen molar-refractivity contribution in [3.8, 4) is 16.3 Å². The summed E-state index contributed by atoms with van der Waals surface area (Å²) in [6.45, 7) is -0.450. The van der Waals surface area contributed by atoms with E-state index in [1.165, 1.54) is 36.9 Å². The van der Waals surface area contributed by atoms with Crippen LogP contribution in [-0.2, 0) is 12.7 Å². The molecule has 0 unspecified atom stereocenters. The van der Waals surface area contributed by atoms with Gasteiger partial charge in [0.25, 0.3) is 11.8 Å². The lowest BCUT2D eigenvalue weighted by Crippen LogP contribution is -2.26. The van der Waals surface area contributed by atoms with Gasteiger partial charge in [0, 0.05) is 24.5 Å². The molecule has 0 aliphatic carbocycles. The molecule has 4 rings (SSSR count). The molecule has 1 aromatic carbocycles. The lowest BCUT2D eigenvalue weighted by atomic mass is 10.1. The Balaban J connectivity index is 1.64. The quantitative estimate of drug-likeness (QED) is 0.272. The van der Waals surface area contributed by atoms with Crippen molar-refractivity contribution < 1.29 is 27.9 Å². The molecule has 0 saturated heterocycles. The first-order valence-corrected chi connectivity index (χ1v) is 11.7. The number of carbonyl (C=O) groups excluding carboxylic acids is 2. The molecule has 9 nitrogen and oxygen atoms in total. The lowest BCUT2D eigenvalue weighted by Gasteiger charge is -2.13. The number of nitrogens with one attached hydrogen (secondary N) is 2. The predicted molar refractivity (Wildman–Crippen MR) is 130 cm³/mol. The zero-order chi connectivity index (χ0) is 26.7. The maximum absolute atomic E-state index is 13.3. The number of thiazole rings is 1. The van der Waals surface area contributed by atoms with E-state index in [0.717, 1.165) is 23.5 Å². The molecule has 0 spiro atoms. The normalized spacial score (nSPS) is 11.3. The maximum Gasteiger partial charge on any atom is 0.416 e. The number of aromatic hydroxyl groups is 1. The minimum Gasteiger partial charge on any atom is -0.504 e. The predicted octanol–water partition coefficient (Wildman–Crippen LogP) is 5.21. The van der Waals surface area contributed by atoms with Gasteiger partial charge in [-0.2, -0.15) is 13.2 Å². The number of anilines is 1. The van der Waals surface area contributed by atoms with Gasteiger partial charge in [-0.25, -0.2) is 19.9 Å². The van der Waals surface area contributed by atoms with Crippen LogP contribution in [0.3, 0.4) is 0 Å². The molecule has 0 aliphatic rings. The molecule has 15 heteroatoms.